The molecular formula is C18H21ClN2O4. The Morgan fingerprint density at radius 3 is 2.68 bits per heavy atom. The summed E-state index contributed by atoms with van der Waals surface area (Å²) in [4.78, 5) is 29.6. The maximum atomic E-state index is 12.6. The fourth-order valence-corrected chi connectivity index (χ4v) is 3.42. The van der Waals surface area contributed by atoms with Gasteiger partial charge in [-0.2, -0.15) is 0 Å². The first kappa shape index (κ1) is 17.6. The van der Waals surface area contributed by atoms with Crippen LogP contribution in [-0.2, 0) is 27.2 Å². The van der Waals surface area contributed by atoms with Crippen molar-refractivity contribution in [2.45, 2.75) is 45.4 Å². The largest absolute Gasteiger partial charge is 0.467 e. The van der Waals surface area contributed by atoms with Crippen molar-refractivity contribution in [3.8, 4) is 0 Å². The third-order valence-electron chi connectivity index (χ3n) is 4.17. The van der Waals surface area contributed by atoms with E-state index in [1.54, 1.807) is 20.8 Å². The monoisotopic (exact) mass is 364 g/mol. The van der Waals surface area contributed by atoms with Crippen molar-refractivity contribution in [1.82, 2.24) is 9.88 Å². The molecule has 1 N–H and O–H groups in total. The molecule has 7 heteroatoms. The van der Waals surface area contributed by atoms with Gasteiger partial charge in [0.2, 0.25) is 0 Å². The molecule has 3 rings (SSSR count). The molecule has 0 saturated carbocycles. The molecule has 2 heterocycles. The van der Waals surface area contributed by atoms with Crippen LogP contribution in [0.3, 0.4) is 0 Å². The van der Waals surface area contributed by atoms with Crippen molar-refractivity contribution in [2.24, 2.45) is 0 Å². The van der Waals surface area contributed by atoms with Gasteiger partial charge in [0.25, 0.3) is 0 Å². The number of ether oxygens (including phenoxy) is 2. The molecule has 0 fully saturated rings. The fraction of sp³-hybridized carbons (Fsp3) is 0.444. The summed E-state index contributed by atoms with van der Waals surface area (Å²) in [5.74, 6) is -0.474. The van der Waals surface area contributed by atoms with Crippen LogP contribution in [0.5, 0.6) is 0 Å². The van der Waals surface area contributed by atoms with Crippen LogP contribution in [0.25, 0.3) is 10.9 Å². The van der Waals surface area contributed by atoms with Gasteiger partial charge in [-0.3, -0.25) is 4.90 Å². The number of carbonyl (C=O) groups is 2. The Kier molecular flexibility index (Phi) is 4.41. The summed E-state index contributed by atoms with van der Waals surface area (Å²) in [5, 5.41) is 1.50. The quantitative estimate of drug-likeness (QED) is 0.784. The van der Waals surface area contributed by atoms with Gasteiger partial charge in [0.15, 0.2) is 0 Å². The highest BCUT2D eigenvalue weighted by Gasteiger charge is 2.39. The van der Waals surface area contributed by atoms with Crippen LogP contribution in [-0.4, -0.2) is 40.7 Å². The van der Waals surface area contributed by atoms with Gasteiger partial charge in [0, 0.05) is 23.0 Å². The molecule has 0 bridgehead atoms. The molecule has 1 aromatic heterocycles. The standard InChI is InChI=1S/C18H21ClN2O4/c1-18(2,3)25-17(23)21-9-13-10(8-14(21)16(22)24-4)15-11(19)6-5-7-12(15)20-13/h5-7,14,20H,8-9H2,1-4H3/t14-/m0/s1. The number of aromatic nitrogens is 1. The molecule has 1 atom stereocenters. The van der Waals surface area contributed by atoms with Gasteiger partial charge in [-0.25, -0.2) is 9.59 Å². The maximum Gasteiger partial charge on any atom is 0.411 e. The number of esters is 1. The van der Waals surface area contributed by atoms with E-state index in [1.807, 2.05) is 18.2 Å². The van der Waals surface area contributed by atoms with Gasteiger partial charge < -0.3 is 14.5 Å². The van der Waals surface area contributed by atoms with E-state index in [1.165, 1.54) is 12.0 Å². The highest BCUT2D eigenvalue weighted by molar-refractivity contribution is 6.35. The maximum absolute atomic E-state index is 12.6. The van der Waals surface area contributed by atoms with E-state index in [0.717, 1.165) is 22.2 Å². The zero-order chi connectivity index (χ0) is 18.4. The first-order valence-corrected chi connectivity index (χ1v) is 8.44. The molecule has 1 amide bonds. The Bertz CT molecular complexity index is 837. The predicted octanol–water partition coefficient (Wildman–Crippen LogP) is 3.66. The molecular weight excluding hydrogens is 344 g/mol. The van der Waals surface area contributed by atoms with Crippen molar-refractivity contribution in [1.29, 1.82) is 0 Å². The lowest BCUT2D eigenvalue weighted by atomic mass is 9.97. The number of benzene rings is 1. The molecule has 0 spiro atoms. The Balaban J connectivity index is 2.03. The molecule has 1 aliphatic rings. The first-order valence-electron chi connectivity index (χ1n) is 8.06. The minimum absolute atomic E-state index is 0.231. The van der Waals surface area contributed by atoms with E-state index in [0.29, 0.717) is 11.4 Å². The lowest BCUT2D eigenvalue weighted by Gasteiger charge is -2.35. The molecule has 0 saturated heterocycles. The normalized spacial score (nSPS) is 17.3. The lowest BCUT2D eigenvalue weighted by molar-refractivity contribution is -0.147. The van der Waals surface area contributed by atoms with Crippen LogP contribution in [0.15, 0.2) is 18.2 Å². The van der Waals surface area contributed by atoms with Gasteiger partial charge in [-0.05, 0) is 38.5 Å². The van der Waals surface area contributed by atoms with Crippen molar-refractivity contribution in [3.05, 3.63) is 34.5 Å². The van der Waals surface area contributed by atoms with E-state index < -0.39 is 23.7 Å². The van der Waals surface area contributed by atoms with E-state index >= 15 is 0 Å². The number of H-pyrrole nitrogens is 1. The smallest absolute Gasteiger partial charge is 0.411 e. The van der Waals surface area contributed by atoms with Gasteiger partial charge in [-0.15, -0.1) is 0 Å². The SMILES string of the molecule is COC(=O)[C@@H]1Cc2c([nH]c3cccc(Cl)c23)CN1C(=O)OC(C)(C)C. The number of aromatic amines is 1. The highest BCUT2D eigenvalue weighted by atomic mass is 35.5. The van der Waals surface area contributed by atoms with Gasteiger partial charge in [0.1, 0.15) is 11.6 Å². The van der Waals surface area contributed by atoms with Crippen molar-refractivity contribution in [3.63, 3.8) is 0 Å². The Morgan fingerprint density at radius 2 is 2.04 bits per heavy atom. The molecule has 0 unspecified atom stereocenters. The van der Waals surface area contributed by atoms with Crippen molar-refractivity contribution < 1.29 is 19.1 Å². The van der Waals surface area contributed by atoms with E-state index in [9.17, 15) is 9.59 Å². The zero-order valence-corrected chi connectivity index (χ0v) is 15.4. The van der Waals surface area contributed by atoms with Gasteiger partial charge in [-0.1, -0.05) is 17.7 Å². The number of hydrogen-bond donors (Lipinski definition) is 1. The summed E-state index contributed by atoms with van der Waals surface area (Å²) >= 11 is 6.34. The molecule has 25 heavy (non-hydrogen) atoms. The lowest BCUT2D eigenvalue weighted by Crippen LogP contribution is -2.50. The van der Waals surface area contributed by atoms with Gasteiger partial charge >= 0.3 is 12.1 Å². The summed E-state index contributed by atoms with van der Waals surface area (Å²) in [6.45, 7) is 5.59. The number of fused-ring (bicyclic) bond motifs is 3. The average molecular weight is 365 g/mol. The Labute approximate surface area is 151 Å². The minimum Gasteiger partial charge on any atom is -0.467 e. The van der Waals surface area contributed by atoms with Crippen LogP contribution < -0.4 is 0 Å². The van der Waals surface area contributed by atoms with E-state index in [-0.39, 0.29) is 6.54 Å². The van der Waals surface area contributed by atoms with E-state index in [2.05, 4.69) is 4.98 Å². The van der Waals surface area contributed by atoms with Crippen molar-refractivity contribution in [2.75, 3.05) is 7.11 Å². The topological polar surface area (TPSA) is 71.6 Å². The van der Waals surface area contributed by atoms with Crippen LogP contribution in [0.4, 0.5) is 4.79 Å². The number of methoxy groups -OCH3 is 1. The number of hydrogen-bond acceptors (Lipinski definition) is 4. The molecule has 1 aromatic carbocycles. The third kappa shape index (κ3) is 3.31. The minimum atomic E-state index is -0.748. The molecule has 1 aliphatic heterocycles. The summed E-state index contributed by atoms with van der Waals surface area (Å²) in [6, 6.07) is 4.84. The van der Waals surface area contributed by atoms with Crippen LogP contribution in [0.2, 0.25) is 5.02 Å². The van der Waals surface area contributed by atoms with Crippen LogP contribution in [0, 0.1) is 0 Å². The molecule has 134 valence electrons. The second-order valence-corrected chi connectivity index (χ2v) is 7.50. The summed E-state index contributed by atoms with van der Waals surface area (Å²) in [7, 11) is 1.31. The first-order chi connectivity index (χ1) is 11.7. The second kappa shape index (κ2) is 6.26. The number of nitrogens with zero attached hydrogens (tertiary/aromatic N) is 1. The second-order valence-electron chi connectivity index (χ2n) is 7.10. The Hall–Kier alpha value is -2.21. The highest BCUT2D eigenvalue weighted by Crippen LogP contribution is 2.35. The predicted molar refractivity (Wildman–Crippen MR) is 94.6 cm³/mol. The summed E-state index contributed by atoms with van der Waals surface area (Å²) < 4.78 is 10.4. The number of nitrogens with one attached hydrogen (secondary N) is 1. The molecule has 2 aromatic rings. The number of amides is 1. The number of carbonyl (C=O) groups excluding carboxylic acids is 2. The van der Waals surface area contributed by atoms with E-state index in [4.69, 9.17) is 21.1 Å². The number of rotatable bonds is 1. The van der Waals surface area contributed by atoms with Crippen molar-refractivity contribution >= 4 is 34.6 Å². The molecule has 0 aliphatic carbocycles. The molecule has 6 nitrogen and oxygen atoms in total. The fourth-order valence-electron chi connectivity index (χ4n) is 3.13. The number of halogens is 1. The van der Waals surface area contributed by atoms with Gasteiger partial charge in [0.05, 0.1) is 18.7 Å². The average Bonchev–Trinajstić information content (AvgIpc) is 2.90. The van der Waals surface area contributed by atoms with Crippen LogP contribution >= 0.6 is 11.6 Å². The Morgan fingerprint density at radius 1 is 1.32 bits per heavy atom. The zero-order valence-electron chi connectivity index (χ0n) is 14.7. The third-order valence-corrected chi connectivity index (χ3v) is 4.48. The summed E-state index contributed by atoms with van der Waals surface area (Å²) in [6.07, 6.45) is -0.219. The summed E-state index contributed by atoms with van der Waals surface area (Å²) in [5.41, 5.74) is 2.03. The van der Waals surface area contributed by atoms with Crippen LogP contribution in [0.1, 0.15) is 32.0 Å². The molecule has 0 radical (unpaired) electrons.